The maximum Gasteiger partial charge on any atom is 0.418 e. The molecule has 0 aromatic carbocycles. The van der Waals surface area contributed by atoms with Crippen molar-refractivity contribution in [1.29, 1.82) is 0 Å². The summed E-state index contributed by atoms with van der Waals surface area (Å²) in [6, 6.07) is 0. The van der Waals surface area contributed by atoms with Crippen molar-refractivity contribution in [2.75, 3.05) is 13.1 Å². The van der Waals surface area contributed by atoms with E-state index in [0.29, 0.717) is 0 Å². The summed E-state index contributed by atoms with van der Waals surface area (Å²) < 4.78 is 38.6. The standard InChI is InChI=1S/C19H22F3N3O/c1-3-5-14-7-6-13(9-16(14)24-8-4-2)10-25-17-12-23-11-15(18(17)26)19(20,21)22/h4-9,12,23,25-26H,3,10-11H2,1-2H3/b8-4-,14-5+,24-16+. The molecule has 0 amide bonds. The van der Waals surface area contributed by atoms with Crippen LogP contribution in [0.25, 0.3) is 0 Å². The highest BCUT2D eigenvalue weighted by atomic mass is 19.4. The summed E-state index contributed by atoms with van der Waals surface area (Å²) in [5.74, 6) is -0.772. The molecular weight excluding hydrogens is 343 g/mol. The van der Waals surface area contributed by atoms with E-state index in [1.807, 2.05) is 38.2 Å². The smallest absolute Gasteiger partial charge is 0.418 e. The van der Waals surface area contributed by atoms with E-state index < -0.39 is 24.1 Å². The van der Waals surface area contributed by atoms with Crippen molar-refractivity contribution in [1.82, 2.24) is 10.6 Å². The number of nitrogens with zero attached hydrogens (tertiary/aromatic N) is 1. The molecule has 0 radical (unpaired) electrons. The summed E-state index contributed by atoms with van der Waals surface area (Å²) >= 11 is 0. The normalized spacial score (nSPS) is 21.3. The number of aliphatic hydroxyl groups is 1. The molecule has 0 atom stereocenters. The number of alkyl halides is 3. The Morgan fingerprint density at radius 1 is 1.35 bits per heavy atom. The molecule has 3 N–H and O–H groups in total. The minimum atomic E-state index is -4.57. The van der Waals surface area contributed by atoms with Crippen LogP contribution in [0, 0.1) is 0 Å². The summed E-state index contributed by atoms with van der Waals surface area (Å²) in [6.07, 6.45) is 8.88. The molecule has 1 aliphatic heterocycles. The first-order chi connectivity index (χ1) is 12.4. The molecule has 4 nitrogen and oxygen atoms in total. The Kier molecular flexibility index (Phi) is 6.49. The quantitative estimate of drug-likeness (QED) is 0.684. The topological polar surface area (TPSA) is 56.7 Å². The van der Waals surface area contributed by atoms with Crippen LogP contribution in [0.1, 0.15) is 20.3 Å². The SMILES string of the molecule is C\C=C/N=C1\C=C(CNC2=CNCC(C(F)(F)F)=C2O)C=C\C1=C/CC. The van der Waals surface area contributed by atoms with E-state index in [-0.39, 0.29) is 12.2 Å². The molecule has 0 unspecified atom stereocenters. The molecule has 0 saturated carbocycles. The van der Waals surface area contributed by atoms with Gasteiger partial charge in [0.2, 0.25) is 0 Å². The van der Waals surface area contributed by atoms with Gasteiger partial charge in [-0.05, 0) is 30.6 Å². The monoisotopic (exact) mass is 365 g/mol. The third kappa shape index (κ3) is 4.91. The number of rotatable bonds is 5. The molecule has 0 bridgehead atoms. The first-order valence-electron chi connectivity index (χ1n) is 8.32. The second kappa shape index (κ2) is 8.60. The summed E-state index contributed by atoms with van der Waals surface area (Å²) in [5, 5.41) is 15.3. The zero-order valence-electron chi connectivity index (χ0n) is 14.7. The Labute approximate surface area is 150 Å². The van der Waals surface area contributed by atoms with Gasteiger partial charge in [-0.15, -0.1) is 0 Å². The van der Waals surface area contributed by atoms with Crippen LogP contribution in [0.2, 0.25) is 0 Å². The van der Waals surface area contributed by atoms with Gasteiger partial charge in [0, 0.05) is 25.5 Å². The zero-order chi connectivity index (χ0) is 19.2. The second-order valence-corrected chi connectivity index (χ2v) is 5.73. The molecule has 2 aliphatic rings. The molecule has 0 saturated heterocycles. The van der Waals surface area contributed by atoms with E-state index >= 15 is 0 Å². The minimum Gasteiger partial charge on any atom is -0.505 e. The highest BCUT2D eigenvalue weighted by Crippen LogP contribution is 2.30. The van der Waals surface area contributed by atoms with Gasteiger partial charge in [0.1, 0.15) is 5.76 Å². The van der Waals surface area contributed by atoms with Crippen LogP contribution in [-0.2, 0) is 0 Å². The summed E-state index contributed by atoms with van der Waals surface area (Å²) in [7, 11) is 0. The van der Waals surface area contributed by atoms with Gasteiger partial charge in [-0.3, -0.25) is 4.99 Å². The first kappa shape index (κ1) is 19.6. The van der Waals surface area contributed by atoms with Gasteiger partial charge in [0.05, 0.1) is 17.0 Å². The highest BCUT2D eigenvalue weighted by Gasteiger charge is 2.38. The van der Waals surface area contributed by atoms with Crippen LogP contribution in [-0.4, -0.2) is 30.1 Å². The fourth-order valence-electron chi connectivity index (χ4n) is 2.49. The van der Waals surface area contributed by atoms with Crippen molar-refractivity contribution in [3.63, 3.8) is 0 Å². The lowest BCUT2D eigenvalue weighted by Gasteiger charge is -2.22. The Bertz CT molecular complexity index is 750. The van der Waals surface area contributed by atoms with E-state index in [0.717, 1.165) is 23.3 Å². The molecule has 26 heavy (non-hydrogen) atoms. The number of aliphatic hydroxyl groups excluding tert-OH is 1. The predicted molar refractivity (Wildman–Crippen MR) is 97.6 cm³/mol. The van der Waals surface area contributed by atoms with Crippen molar-refractivity contribution in [3.05, 3.63) is 71.0 Å². The van der Waals surface area contributed by atoms with Crippen LogP contribution in [0.15, 0.2) is 75.9 Å². The number of allylic oxidation sites excluding steroid dienone is 5. The van der Waals surface area contributed by atoms with Crippen LogP contribution < -0.4 is 10.6 Å². The van der Waals surface area contributed by atoms with Gasteiger partial charge in [-0.25, -0.2) is 0 Å². The number of hydrogen-bond donors (Lipinski definition) is 3. The van der Waals surface area contributed by atoms with Crippen molar-refractivity contribution in [2.24, 2.45) is 4.99 Å². The first-order valence-corrected chi connectivity index (χ1v) is 8.32. The van der Waals surface area contributed by atoms with E-state index in [1.54, 1.807) is 6.20 Å². The van der Waals surface area contributed by atoms with Crippen LogP contribution in [0.4, 0.5) is 13.2 Å². The van der Waals surface area contributed by atoms with Gasteiger partial charge in [0.15, 0.2) is 0 Å². The Morgan fingerprint density at radius 2 is 2.12 bits per heavy atom. The van der Waals surface area contributed by atoms with Crippen LogP contribution in [0.5, 0.6) is 0 Å². The van der Waals surface area contributed by atoms with Crippen molar-refractivity contribution < 1.29 is 18.3 Å². The zero-order valence-corrected chi connectivity index (χ0v) is 14.7. The maximum absolute atomic E-state index is 12.9. The van der Waals surface area contributed by atoms with Gasteiger partial charge in [0.25, 0.3) is 0 Å². The summed E-state index contributed by atoms with van der Waals surface area (Å²) in [6.45, 7) is 3.71. The number of halogens is 3. The Morgan fingerprint density at radius 3 is 2.77 bits per heavy atom. The molecule has 0 aromatic heterocycles. The highest BCUT2D eigenvalue weighted by molar-refractivity contribution is 6.12. The molecule has 1 heterocycles. The van der Waals surface area contributed by atoms with Crippen molar-refractivity contribution >= 4 is 5.71 Å². The molecule has 1 aliphatic carbocycles. The second-order valence-electron chi connectivity index (χ2n) is 5.73. The molecule has 140 valence electrons. The molecule has 2 rings (SSSR count). The van der Waals surface area contributed by atoms with Gasteiger partial charge in [-0.1, -0.05) is 31.2 Å². The summed E-state index contributed by atoms with van der Waals surface area (Å²) in [5.41, 5.74) is 1.65. The van der Waals surface area contributed by atoms with Crippen LogP contribution in [0.3, 0.4) is 0 Å². The Balaban J connectivity index is 2.14. The minimum absolute atomic E-state index is 0.0136. The van der Waals surface area contributed by atoms with Crippen molar-refractivity contribution in [2.45, 2.75) is 26.4 Å². The largest absolute Gasteiger partial charge is 0.505 e. The van der Waals surface area contributed by atoms with Gasteiger partial charge >= 0.3 is 6.18 Å². The fraction of sp³-hybridized carbons (Fsp3) is 0.316. The number of hydrogen-bond acceptors (Lipinski definition) is 4. The van der Waals surface area contributed by atoms with E-state index in [2.05, 4.69) is 21.7 Å². The fourth-order valence-corrected chi connectivity index (χ4v) is 2.49. The summed E-state index contributed by atoms with van der Waals surface area (Å²) in [4.78, 5) is 4.38. The maximum atomic E-state index is 12.9. The van der Waals surface area contributed by atoms with Gasteiger partial charge < -0.3 is 15.7 Å². The average Bonchev–Trinajstić information content (AvgIpc) is 2.59. The number of dihydropyridines is 1. The van der Waals surface area contributed by atoms with Gasteiger partial charge in [-0.2, -0.15) is 13.2 Å². The third-order valence-electron chi connectivity index (χ3n) is 3.77. The predicted octanol–water partition coefficient (Wildman–Crippen LogP) is 4.20. The Hall–Kier alpha value is -2.70. The third-order valence-corrected chi connectivity index (χ3v) is 3.77. The lowest BCUT2D eigenvalue weighted by molar-refractivity contribution is -0.0956. The average molecular weight is 365 g/mol. The number of nitrogens with one attached hydrogen (secondary N) is 2. The van der Waals surface area contributed by atoms with E-state index in [1.165, 1.54) is 6.20 Å². The molecule has 7 heteroatoms. The molecular formula is C19H22F3N3O. The van der Waals surface area contributed by atoms with E-state index in [9.17, 15) is 18.3 Å². The van der Waals surface area contributed by atoms with Crippen LogP contribution >= 0.6 is 0 Å². The molecule has 0 fully saturated rings. The lowest BCUT2D eigenvalue weighted by atomic mass is 9.99. The van der Waals surface area contributed by atoms with E-state index in [4.69, 9.17) is 0 Å². The van der Waals surface area contributed by atoms with Crippen molar-refractivity contribution in [3.8, 4) is 0 Å². The molecule has 0 aromatic rings. The number of aliphatic imine (C=N–C) groups is 1. The lowest BCUT2D eigenvalue weighted by Crippen LogP contribution is -2.32. The molecule has 0 spiro atoms.